The van der Waals surface area contributed by atoms with Crippen LogP contribution in [0.25, 0.3) is 0 Å². The molecule has 0 saturated heterocycles. The van der Waals surface area contributed by atoms with Crippen LogP contribution in [0.5, 0.6) is 0 Å². The van der Waals surface area contributed by atoms with E-state index in [-0.39, 0.29) is 11.8 Å². The molecule has 0 aromatic heterocycles. The van der Waals surface area contributed by atoms with Gasteiger partial charge in [0.05, 0.1) is 10.7 Å². The molecule has 3 amide bonds. The van der Waals surface area contributed by atoms with Crippen molar-refractivity contribution in [2.24, 2.45) is 0 Å². The monoisotopic (exact) mass is 617 g/mol. The number of para-hydroxylation sites is 1. The molecule has 2 atom stereocenters. The Kier molecular flexibility index (Phi) is 14.2. The number of thioether (sulfide) groups is 1. The molecule has 0 radical (unpaired) electrons. The maximum Gasteiger partial charge on any atom is 0.408 e. The summed E-state index contributed by atoms with van der Waals surface area (Å²) < 4.78 is 5.50. The fourth-order valence-electron chi connectivity index (χ4n) is 4.84. The Morgan fingerprint density at radius 3 is 2.26 bits per heavy atom. The number of nitrogens with zero attached hydrogens (tertiary/aromatic N) is 1. The molecule has 0 aliphatic rings. The predicted octanol–water partition coefficient (Wildman–Crippen LogP) is 8.00. The molecule has 7 nitrogen and oxygen atoms in total. The molecule has 2 unspecified atom stereocenters. The van der Waals surface area contributed by atoms with Crippen molar-refractivity contribution < 1.29 is 19.1 Å². The molecule has 0 fully saturated rings. The zero-order valence-electron chi connectivity index (χ0n) is 26.4. The highest BCUT2D eigenvalue weighted by atomic mass is 35.5. The van der Waals surface area contributed by atoms with Gasteiger partial charge in [0.1, 0.15) is 17.7 Å². The first-order chi connectivity index (χ1) is 19.8. The highest BCUT2D eigenvalue weighted by Crippen LogP contribution is 2.31. The van der Waals surface area contributed by atoms with E-state index in [1.165, 1.54) is 0 Å². The smallest absolute Gasteiger partial charge is 0.408 e. The van der Waals surface area contributed by atoms with Crippen LogP contribution in [-0.4, -0.2) is 53.0 Å². The average molecular weight is 618 g/mol. The quantitative estimate of drug-likeness (QED) is 0.210. The second-order valence-corrected chi connectivity index (χ2v) is 13.2. The molecule has 0 spiro atoms. The summed E-state index contributed by atoms with van der Waals surface area (Å²) in [6.07, 6.45) is 5.39. The van der Waals surface area contributed by atoms with Crippen LogP contribution in [0.4, 0.5) is 10.5 Å². The molecule has 9 heteroatoms. The number of hydrogen-bond donors (Lipinski definition) is 2. The van der Waals surface area contributed by atoms with Crippen LogP contribution >= 0.6 is 23.4 Å². The third-order valence-corrected chi connectivity index (χ3v) is 7.68. The van der Waals surface area contributed by atoms with Crippen LogP contribution in [0.15, 0.2) is 36.4 Å². The summed E-state index contributed by atoms with van der Waals surface area (Å²) in [6, 6.07) is 9.57. The molecule has 0 bridgehead atoms. The van der Waals surface area contributed by atoms with Crippen LogP contribution < -0.4 is 10.6 Å². The van der Waals surface area contributed by atoms with E-state index in [2.05, 4.69) is 17.6 Å². The Bertz CT molecular complexity index is 1170. The molecule has 2 aromatic carbocycles. The van der Waals surface area contributed by atoms with Crippen molar-refractivity contribution in [2.75, 3.05) is 23.9 Å². The fourth-order valence-corrected chi connectivity index (χ4v) is 5.58. The number of ether oxygens (including phenoxy) is 1. The summed E-state index contributed by atoms with van der Waals surface area (Å²) in [6.45, 7) is 13.7. The lowest BCUT2D eigenvalue weighted by atomic mass is 9.97. The molecular formula is C33H48ClN3O4S. The topological polar surface area (TPSA) is 87.7 Å². The van der Waals surface area contributed by atoms with Crippen LogP contribution in [0.3, 0.4) is 0 Å². The zero-order valence-corrected chi connectivity index (χ0v) is 28.0. The van der Waals surface area contributed by atoms with Gasteiger partial charge in [0.25, 0.3) is 5.91 Å². The van der Waals surface area contributed by atoms with Crippen molar-refractivity contribution in [3.63, 3.8) is 0 Å². The zero-order chi connectivity index (χ0) is 31.4. The van der Waals surface area contributed by atoms with Crippen LogP contribution in [0.1, 0.15) is 88.1 Å². The van der Waals surface area contributed by atoms with Crippen molar-refractivity contribution in [1.29, 1.82) is 0 Å². The molecule has 0 aliphatic carbocycles. The number of amides is 3. The van der Waals surface area contributed by atoms with Crippen LogP contribution in [-0.2, 0) is 14.3 Å². The summed E-state index contributed by atoms with van der Waals surface area (Å²) in [7, 11) is 0. The molecule has 2 rings (SSSR count). The van der Waals surface area contributed by atoms with Gasteiger partial charge in [-0.15, -0.1) is 0 Å². The van der Waals surface area contributed by atoms with Crippen molar-refractivity contribution in [2.45, 2.75) is 98.3 Å². The Hall–Kier alpha value is -2.71. The second kappa shape index (κ2) is 16.8. The average Bonchev–Trinajstić information content (AvgIpc) is 2.88. The van der Waals surface area contributed by atoms with Crippen molar-refractivity contribution in [3.05, 3.63) is 63.7 Å². The Morgan fingerprint density at radius 2 is 1.69 bits per heavy atom. The predicted molar refractivity (Wildman–Crippen MR) is 175 cm³/mol. The van der Waals surface area contributed by atoms with Gasteiger partial charge >= 0.3 is 6.09 Å². The van der Waals surface area contributed by atoms with E-state index in [9.17, 15) is 14.4 Å². The van der Waals surface area contributed by atoms with Gasteiger partial charge in [-0.1, -0.05) is 79.2 Å². The normalized spacial score (nSPS) is 12.8. The molecule has 0 saturated carbocycles. The lowest BCUT2D eigenvalue weighted by Crippen LogP contribution is -2.53. The van der Waals surface area contributed by atoms with Crippen molar-refractivity contribution in [1.82, 2.24) is 10.2 Å². The Labute approximate surface area is 261 Å². The van der Waals surface area contributed by atoms with Gasteiger partial charge < -0.3 is 20.3 Å². The van der Waals surface area contributed by atoms with Gasteiger partial charge in [0.15, 0.2) is 0 Å². The minimum absolute atomic E-state index is 0.318. The lowest BCUT2D eigenvalue weighted by Gasteiger charge is -2.35. The number of anilines is 1. The summed E-state index contributed by atoms with van der Waals surface area (Å²) in [4.78, 5) is 43.1. The number of alkyl carbamates (subject to hydrolysis) is 1. The number of benzene rings is 2. The summed E-state index contributed by atoms with van der Waals surface area (Å²) in [5.41, 5.74) is 3.30. The van der Waals surface area contributed by atoms with Crippen LogP contribution in [0, 0.1) is 20.8 Å². The second-order valence-electron chi connectivity index (χ2n) is 11.8. The lowest BCUT2D eigenvalue weighted by molar-refractivity contribution is -0.141. The first-order valence-electron chi connectivity index (χ1n) is 14.7. The molecule has 2 aromatic rings. The van der Waals surface area contributed by atoms with Gasteiger partial charge in [-0.3, -0.25) is 9.59 Å². The number of nitrogens with one attached hydrogen (secondary N) is 2. The highest BCUT2D eigenvalue weighted by molar-refractivity contribution is 7.98. The largest absolute Gasteiger partial charge is 0.444 e. The van der Waals surface area contributed by atoms with Crippen molar-refractivity contribution >= 4 is 47.0 Å². The third kappa shape index (κ3) is 11.2. The maximum atomic E-state index is 14.4. The summed E-state index contributed by atoms with van der Waals surface area (Å²) in [5, 5.41) is 6.26. The highest BCUT2D eigenvalue weighted by Gasteiger charge is 2.36. The molecule has 232 valence electrons. The van der Waals surface area contributed by atoms with Gasteiger partial charge in [0.2, 0.25) is 5.91 Å². The Morgan fingerprint density at radius 1 is 1.02 bits per heavy atom. The van der Waals surface area contributed by atoms with E-state index >= 15 is 0 Å². The molecule has 0 aliphatic heterocycles. The number of halogens is 1. The number of carbonyl (C=O) groups is 3. The molecule has 2 N–H and O–H groups in total. The van der Waals surface area contributed by atoms with Gasteiger partial charge in [-0.2, -0.15) is 11.8 Å². The van der Waals surface area contributed by atoms with E-state index in [1.807, 2.05) is 57.4 Å². The number of aryl methyl sites for hydroxylation is 3. The van der Waals surface area contributed by atoms with E-state index in [0.29, 0.717) is 35.0 Å². The first kappa shape index (κ1) is 35.5. The van der Waals surface area contributed by atoms with E-state index in [1.54, 1.807) is 43.5 Å². The standard InChI is InChI=1S/C33H48ClN3O4S/c1-9-10-11-12-17-37(31(39)27(16-18-42-8)35-32(40)41-33(5,6)7)29(25-20-22(2)19-23(3)21-25)30(38)36-28-24(4)14-13-15-26(28)34/h13-15,19-21,27,29H,9-12,16-18H2,1-8H3,(H,35,40)(H,36,38). The number of carbonyl (C=O) groups excluding carboxylic acids is 3. The van der Waals surface area contributed by atoms with E-state index < -0.39 is 23.8 Å². The SMILES string of the molecule is CCCCCCN(C(=O)C(CCSC)NC(=O)OC(C)(C)C)C(C(=O)Nc1c(C)cccc1Cl)c1cc(C)cc(C)c1. The van der Waals surface area contributed by atoms with Crippen LogP contribution in [0.2, 0.25) is 5.02 Å². The first-order valence-corrected chi connectivity index (χ1v) is 16.5. The van der Waals surface area contributed by atoms with E-state index in [0.717, 1.165) is 42.4 Å². The minimum atomic E-state index is -0.939. The van der Waals surface area contributed by atoms with E-state index in [4.69, 9.17) is 16.3 Å². The number of hydrogen-bond acceptors (Lipinski definition) is 5. The summed E-state index contributed by atoms with van der Waals surface area (Å²) in [5.74, 6) is -0.0303. The number of rotatable bonds is 14. The van der Waals surface area contributed by atoms with Gasteiger partial charge in [-0.05, 0) is 83.6 Å². The molecular weight excluding hydrogens is 570 g/mol. The van der Waals surface area contributed by atoms with Gasteiger partial charge in [0, 0.05) is 6.54 Å². The van der Waals surface area contributed by atoms with Crippen molar-refractivity contribution in [3.8, 4) is 0 Å². The number of unbranched alkanes of at least 4 members (excludes halogenated alkanes) is 3. The minimum Gasteiger partial charge on any atom is -0.444 e. The summed E-state index contributed by atoms with van der Waals surface area (Å²) >= 11 is 8.08. The molecule has 42 heavy (non-hydrogen) atoms. The molecule has 0 heterocycles. The Balaban J connectivity index is 2.61. The maximum absolute atomic E-state index is 14.4. The van der Waals surface area contributed by atoms with Gasteiger partial charge in [-0.25, -0.2) is 4.79 Å². The third-order valence-electron chi connectivity index (χ3n) is 6.73. The fraction of sp³-hybridized carbons (Fsp3) is 0.545.